The molecule has 2 heterocycles. The monoisotopic (exact) mass is 302 g/mol. The molecule has 3 aliphatic rings. The maximum Gasteiger partial charge on any atom is 0.268 e. The van der Waals surface area contributed by atoms with Crippen LogP contribution in [0.4, 0.5) is 10.2 Å². The highest BCUT2D eigenvalue weighted by atomic mass is 19.1. The largest absolute Gasteiger partial charge is 0.361 e. The summed E-state index contributed by atoms with van der Waals surface area (Å²) in [5, 5.41) is 3.99. The Morgan fingerprint density at radius 2 is 2.09 bits per heavy atom. The van der Waals surface area contributed by atoms with E-state index in [1.807, 2.05) is 42.7 Å². The molecule has 3 aliphatic carbocycles. The molecule has 2 aromatic rings. The Kier molecular flexibility index (Phi) is 2.46. The van der Waals surface area contributed by atoms with Crippen molar-refractivity contribution in [2.24, 2.45) is 7.05 Å². The van der Waals surface area contributed by atoms with Crippen molar-refractivity contribution in [3.05, 3.63) is 24.0 Å². The third-order valence-electron chi connectivity index (χ3n) is 4.93. The molecule has 1 amide bonds. The zero-order chi connectivity index (χ0) is 15.7. The topological polar surface area (TPSA) is 50.2 Å². The van der Waals surface area contributed by atoms with E-state index in [4.69, 9.17) is 0 Å². The SMILES string of the molecule is CN(C)c1nccc2cc(C(=O)NC34CC(F)(C3)C4)n(C)c12. The lowest BCUT2D eigenvalue weighted by atomic mass is 9.47. The average Bonchev–Trinajstić information content (AvgIpc) is 2.73. The summed E-state index contributed by atoms with van der Waals surface area (Å²) >= 11 is 0. The number of rotatable bonds is 3. The van der Waals surface area contributed by atoms with Crippen molar-refractivity contribution in [3.8, 4) is 0 Å². The Hall–Kier alpha value is -2.11. The number of nitrogens with one attached hydrogen (secondary N) is 1. The summed E-state index contributed by atoms with van der Waals surface area (Å²) < 4.78 is 15.5. The molecule has 6 heteroatoms. The Balaban J connectivity index is 1.69. The van der Waals surface area contributed by atoms with Crippen molar-refractivity contribution in [1.82, 2.24) is 14.9 Å². The van der Waals surface area contributed by atoms with Gasteiger partial charge in [0, 0.05) is 57.5 Å². The van der Waals surface area contributed by atoms with Gasteiger partial charge in [-0.25, -0.2) is 9.37 Å². The molecule has 5 nitrogen and oxygen atoms in total. The highest BCUT2D eigenvalue weighted by Gasteiger charge is 2.69. The molecule has 0 atom stereocenters. The van der Waals surface area contributed by atoms with Crippen LogP contribution in [0, 0.1) is 0 Å². The number of carbonyl (C=O) groups excluding carboxylic acids is 1. The minimum Gasteiger partial charge on any atom is -0.361 e. The van der Waals surface area contributed by atoms with Gasteiger partial charge in [0.05, 0.1) is 5.52 Å². The van der Waals surface area contributed by atoms with Crippen LogP contribution in [0.1, 0.15) is 29.8 Å². The molecule has 2 bridgehead atoms. The molecule has 116 valence electrons. The van der Waals surface area contributed by atoms with Crippen LogP contribution in [0.15, 0.2) is 18.3 Å². The zero-order valence-corrected chi connectivity index (χ0v) is 13.0. The first-order chi connectivity index (χ1) is 10.3. The third kappa shape index (κ3) is 1.69. The molecule has 0 spiro atoms. The predicted molar refractivity (Wildman–Crippen MR) is 82.9 cm³/mol. The molecule has 0 aromatic carbocycles. The van der Waals surface area contributed by atoms with Gasteiger partial charge in [0.2, 0.25) is 0 Å². The van der Waals surface area contributed by atoms with Gasteiger partial charge in [-0.1, -0.05) is 0 Å². The zero-order valence-electron chi connectivity index (χ0n) is 13.0. The van der Waals surface area contributed by atoms with Crippen molar-refractivity contribution in [2.45, 2.75) is 30.5 Å². The van der Waals surface area contributed by atoms with Crippen LogP contribution in [0.25, 0.3) is 10.9 Å². The molecule has 5 rings (SSSR count). The normalized spacial score (nSPS) is 28.9. The Labute approximate surface area is 128 Å². The molecule has 22 heavy (non-hydrogen) atoms. The lowest BCUT2D eigenvalue weighted by Gasteiger charge is -2.65. The maximum atomic E-state index is 13.6. The van der Waals surface area contributed by atoms with Crippen LogP contribution in [-0.2, 0) is 7.05 Å². The fourth-order valence-electron chi connectivity index (χ4n) is 3.93. The highest BCUT2D eigenvalue weighted by molar-refractivity contribution is 6.01. The average molecular weight is 302 g/mol. The summed E-state index contributed by atoms with van der Waals surface area (Å²) in [6.07, 6.45) is 3.12. The predicted octanol–water partition coefficient (Wildman–Crippen LogP) is 2.01. The smallest absolute Gasteiger partial charge is 0.268 e. The summed E-state index contributed by atoms with van der Waals surface area (Å²) in [5.74, 6) is 0.692. The minimum atomic E-state index is -1.01. The van der Waals surface area contributed by atoms with Crippen LogP contribution in [0.5, 0.6) is 0 Å². The summed E-state index contributed by atoms with van der Waals surface area (Å²) in [4.78, 5) is 18.9. The van der Waals surface area contributed by atoms with E-state index in [-0.39, 0.29) is 11.4 Å². The number of aromatic nitrogens is 2. The molecular formula is C16H19FN4O. The molecular weight excluding hydrogens is 283 g/mol. The molecule has 3 fully saturated rings. The van der Waals surface area contributed by atoms with Crippen LogP contribution in [0.2, 0.25) is 0 Å². The van der Waals surface area contributed by atoms with Gasteiger partial charge in [0.25, 0.3) is 5.91 Å². The van der Waals surface area contributed by atoms with Crippen LogP contribution in [0.3, 0.4) is 0 Å². The van der Waals surface area contributed by atoms with E-state index in [1.54, 1.807) is 6.20 Å². The lowest BCUT2D eigenvalue weighted by Crippen LogP contribution is -2.76. The van der Waals surface area contributed by atoms with E-state index in [2.05, 4.69) is 10.3 Å². The van der Waals surface area contributed by atoms with Gasteiger partial charge in [0.1, 0.15) is 11.4 Å². The number of anilines is 1. The van der Waals surface area contributed by atoms with Gasteiger partial charge < -0.3 is 14.8 Å². The fraction of sp³-hybridized carbons (Fsp3) is 0.500. The van der Waals surface area contributed by atoms with Crippen molar-refractivity contribution >= 4 is 22.6 Å². The molecule has 0 unspecified atom stereocenters. The van der Waals surface area contributed by atoms with Crippen molar-refractivity contribution < 1.29 is 9.18 Å². The second-order valence-corrected chi connectivity index (χ2v) is 6.97. The molecule has 2 aromatic heterocycles. The number of fused-ring (bicyclic) bond motifs is 1. The van der Waals surface area contributed by atoms with Gasteiger partial charge in [-0.3, -0.25) is 4.79 Å². The summed E-state index contributed by atoms with van der Waals surface area (Å²) in [6, 6.07) is 3.77. The van der Waals surface area contributed by atoms with E-state index in [0.29, 0.717) is 25.0 Å². The molecule has 0 saturated heterocycles. The number of halogens is 1. The van der Waals surface area contributed by atoms with Crippen LogP contribution in [-0.4, -0.2) is 40.8 Å². The Bertz CT molecular complexity index is 775. The van der Waals surface area contributed by atoms with Crippen LogP contribution >= 0.6 is 0 Å². The lowest BCUT2D eigenvalue weighted by molar-refractivity contribution is -0.162. The molecule has 3 saturated carbocycles. The van der Waals surface area contributed by atoms with Crippen molar-refractivity contribution in [2.75, 3.05) is 19.0 Å². The first kappa shape index (κ1) is 13.5. The Morgan fingerprint density at radius 1 is 1.41 bits per heavy atom. The number of amides is 1. The van der Waals surface area contributed by atoms with E-state index in [0.717, 1.165) is 16.7 Å². The number of pyridine rings is 1. The van der Waals surface area contributed by atoms with Gasteiger partial charge in [-0.05, 0) is 12.1 Å². The second-order valence-electron chi connectivity index (χ2n) is 6.97. The quantitative estimate of drug-likeness (QED) is 0.943. The number of carbonyl (C=O) groups is 1. The fourth-order valence-corrected chi connectivity index (χ4v) is 3.93. The number of alkyl halides is 1. The van der Waals surface area contributed by atoms with Crippen molar-refractivity contribution in [3.63, 3.8) is 0 Å². The summed E-state index contributed by atoms with van der Waals surface area (Å²) in [7, 11) is 5.72. The molecule has 0 radical (unpaired) electrons. The van der Waals surface area contributed by atoms with E-state index < -0.39 is 5.67 Å². The summed E-state index contributed by atoms with van der Waals surface area (Å²) in [5.41, 5.74) is 0.208. The highest BCUT2D eigenvalue weighted by Crippen LogP contribution is 2.62. The summed E-state index contributed by atoms with van der Waals surface area (Å²) in [6.45, 7) is 0. The standard InChI is InChI=1S/C16H19FN4O/c1-20(2)13-12-10(4-5-18-13)6-11(21(12)3)14(22)19-16-7-15(17,8-16)9-16/h4-6H,7-9H2,1-3H3,(H,19,22). The number of aryl methyl sites for hydroxylation is 1. The maximum absolute atomic E-state index is 13.6. The van der Waals surface area contributed by atoms with Gasteiger partial charge in [0.15, 0.2) is 5.82 Å². The van der Waals surface area contributed by atoms with Crippen molar-refractivity contribution in [1.29, 1.82) is 0 Å². The number of hydrogen-bond donors (Lipinski definition) is 1. The first-order valence-corrected chi connectivity index (χ1v) is 7.46. The third-order valence-corrected chi connectivity index (χ3v) is 4.93. The second kappa shape index (κ2) is 4.00. The van der Waals surface area contributed by atoms with E-state index in [9.17, 15) is 9.18 Å². The molecule has 0 aliphatic heterocycles. The Morgan fingerprint density at radius 3 is 2.68 bits per heavy atom. The van der Waals surface area contributed by atoms with E-state index in [1.165, 1.54) is 0 Å². The van der Waals surface area contributed by atoms with Gasteiger partial charge in [-0.15, -0.1) is 0 Å². The van der Waals surface area contributed by atoms with E-state index >= 15 is 0 Å². The van der Waals surface area contributed by atoms with Gasteiger partial charge in [-0.2, -0.15) is 0 Å². The minimum absolute atomic E-state index is 0.134. The number of nitrogens with zero attached hydrogens (tertiary/aromatic N) is 3. The van der Waals surface area contributed by atoms with Crippen LogP contribution < -0.4 is 10.2 Å². The molecule has 1 N–H and O–H groups in total. The first-order valence-electron chi connectivity index (χ1n) is 7.46. The van der Waals surface area contributed by atoms with Gasteiger partial charge >= 0.3 is 0 Å². The number of hydrogen-bond acceptors (Lipinski definition) is 3.